The average Bonchev–Trinajstić information content (AvgIpc) is 2.83. The van der Waals surface area contributed by atoms with Crippen LogP contribution in [0.4, 0.5) is 11.8 Å². The highest BCUT2D eigenvalue weighted by Gasteiger charge is 2.25. The Morgan fingerprint density at radius 3 is 2.25 bits per heavy atom. The lowest BCUT2D eigenvalue weighted by Gasteiger charge is -2.36. The quantitative estimate of drug-likeness (QED) is 0.615. The molecule has 1 aromatic carbocycles. The van der Waals surface area contributed by atoms with E-state index >= 15 is 0 Å². The first-order valence-electron chi connectivity index (χ1n) is 11.1. The molecule has 9 nitrogen and oxygen atoms in total. The number of amides is 1. The van der Waals surface area contributed by atoms with Crippen molar-refractivity contribution < 1.29 is 4.79 Å². The first-order chi connectivity index (χ1) is 15.6. The molecular formula is C23H28N8O. The van der Waals surface area contributed by atoms with Crippen molar-refractivity contribution in [3.8, 4) is 0 Å². The molecule has 0 bridgehead atoms. The Bertz CT molecular complexity index is 1120. The Kier molecular flexibility index (Phi) is 5.57. The number of carbonyl (C=O) groups is 1. The minimum Gasteiger partial charge on any atom is -0.354 e. The van der Waals surface area contributed by atoms with E-state index in [9.17, 15) is 4.79 Å². The number of anilines is 2. The van der Waals surface area contributed by atoms with Gasteiger partial charge in [0, 0.05) is 82.1 Å². The van der Waals surface area contributed by atoms with E-state index in [0.717, 1.165) is 54.7 Å². The van der Waals surface area contributed by atoms with Gasteiger partial charge in [-0.3, -0.25) is 14.8 Å². The summed E-state index contributed by atoms with van der Waals surface area (Å²) in [6, 6.07) is 7.57. The van der Waals surface area contributed by atoms with Crippen molar-refractivity contribution in [3.05, 3.63) is 47.9 Å². The number of aromatic nitrogens is 4. The summed E-state index contributed by atoms with van der Waals surface area (Å²) < 4.78 is 0. The topological polar surface area (TPSA) is 81.6 Å². The zero-order valence-corrected chi connectivity index (χ0v) is 18.6. The molecule has 2 saturated heterocycles. The van der Waals surface area contributed by atoms with Crippen LogP contribution in [0.15, 0.2) is 36.7 Å². The van der Waals surface area contributed by atoms with E-state index in [2.05, 4.69) is 42.8 Å². The highest BCUT2D eigenvalue weighted by atomic mass is 16.2. The lowest BCUT2D eigenvalue weighted by molar-refractivity contribution is 0.0746. The number of fused-ring (bicyclic) bond motifs is 1. The normalized spacial score (nSPS) is 17.8. The van der Waals surface area contributed by atoms with Crippen LogP contribution in [0, 0.1) is 6.92 Å². The van der Waals surface area contributed by atoms with Crippen LogP contribution >= 0.6 is 0 Å². The van der Waals surface area contributed by atoms with Crippen LogP contribution in [0.1, 0.15) is 16.1 Å². The first-order valence-corrected chi connectivity index (χ1v) is 11.1. The van der Waals surface area contributed by atoms with Gasteiger partial charge in [-0.2, -0.15) is 4.98 Å². The smallest absolute Gasteiger partial charge is 0.254 e. The van der Waals surface area contributed by atoms with Gasteiger partial charge in [-0.25, -0.2) is 4.98 Å². The maximum absolute atomic E-state index is 13.0. The van der Waals surface area contributed by atoms with E-state index in [4.69, 9.17) is 4.98 Å². The van der Waals surface area contributed by atoms with Crippen molar-refractivity contribution in [2.75, 3.05) is 69.2 Å². The minimum absolute atomic E-state index is 0.0282. The van der Waals surface area contributed by atoms with Gasteiger partial charge in [-0.15, -0.1) is 0 Å². The first kappa shape index (κ1) is 20.6. The molecule has 3 aromatic rings. The molecule has 0 saturated carbocycles. The van der Waals surface area contributed by atoms with Gasteiger partial charge in [0.1, 0.15) is 5.82 Å². The van der Waals surface area contributed by atoms with Gasteiger partial charge in [0.15, 0.2) is 0 Å². The summed E-state index contributed by atoms with van der Waals surface area (Å²) in [6.45, 7) is 8.76. The van der Waals surface area contributed by atoms with Crippen molar-refractivity contribution in [1.29, 1.82) is 0 Å². The fourth-order valence-corrected chi connectivity index (χ4v) is 4.26. The zero-order valence-electron chi connectivity index (χ0n) is 18.6. The van der Waals surface area contributed by atoms with Gasteiger partial charge in [-0.05, 0) is 32.2 Å². The molecule has 0 spiro atoms. The summed E-state index contributed by atoms with van der Waals surface area (Å²) in [4.78, 5) is 39.9. The summed E-state index contributed by atoms with van der Waals surface area (Å²) in [5, 5.41) is 0. The van der Waals surface area contributed by atoms with E-state index in [0.29, 0.717) is 31.7 Å². The molecule has 9 heteroatoms. The molecule has 2 aliphatic rings. The van der Waals surface area contributed by atoms with E-state index in [1.165, 1.54) is 0 Å². The molecule has 0 N–H and O–H groups in total. The fraction of sp³-hybridized carbons (Fsp3) is 0.435. The maximum Gasteiger partial charge on any atom is 0.254 e. The number of aryl methyl sites for hydroxylation is 1. The maximum atomic E-state index is 13.0. The zero-order chi connectivity index (χ0) is 22.1. The summed E-state index contributed by atoms with van der Waals surface area (Å²) >= 11 is 0. The van der Waals surface area contributed by atoms with Crippen LogP contribution in [0.3, 0.4) is 0 Å². The Balaban J connectivity index is 1.26. The van der Waals surface area contributed by atoms with Crippen molar-refractivity contribution in [2.24, 2.45) is 0 Å². The number of rotatable bonds is 3. The molecule has 0 unspecified atom stereocenters. The Morgan fingerprint density at radius 1 is 0.812 bits per heavy atom. The Morgan fingerprint density at radius 2 is 1.50 bits per heavy atom. The van der Waals surface area contributed by atoms with Crippen molar-refractivity contribution >= 4 is 28.7 Å². The van der Waals surface area contributed by atoms with Gasteiger partial charge >= 0.3 is 0 Å². The average molecular weight is 433 g/mol. The highest BCUT2D eigenvalue weighted by Crippen LogP contribution is 2.21. The lowest BCUT2D eigenvalue weighted by Crippen LogP contribution is -2.49. The van der Waals surface area contributed by atoms with E-state index in [1.54, 1.807) is 12.4 Å². The van der Waals surface area contributed by atoms with Crippen LogP contribution in [0.25, 0.3) is 11.0 Å². The molecule has 2 aromatic heterocycles. The van der Waals surface area contributed by atoms with Crippen molar-refractivity contribution in [3.63, 3.8) is 0 Å². The molecule has 2 aliphatic heterocycles. The molecule has 0 atom stereocenters. The molecule has 1 amide bonds. The highest BCUT2D eigenvalue weighted by molar-refractivity contribution is 5.97. The van der Waals surface area contributed by atoms with Gasteiger partial charge in [0.05, 0.1) is 11.0 Å². The van der Waals surface area contributed by atoms with Crippen molar-refractivity contribution in [1.82, 2.24) is 29.7 Å². The second-order valence-electron chi connectivity index (χ2n) is 8.50. The minimum atomic E-state index is 0.0282. The molecule has 0 radical (unpaired) electrons. The molecule has 2 fully saturated rings. The summed E-state index contributed by atoms with van der Waals surface area (Å²) in [6.07, 6.45) is 3.30. The molecule has 166 valence electrons. The summed E-state index contributed by atoms with van der Waals surface area (Å²) in [5.74, 6) is 1.78. The third-order valence-electron chi connectivity index (χ3n) is 6.22. The lowest BCUT2D eigenvalue weighted by atomic mass is 10.1. The number of likely N-dealkylation sites (N-methyl/N-ethyl adjacent to an activating group) is 1. The van der Waals surface area contributed by atoms with Crippen LogP contribution < -0.4 is 9.80 Å². The van der Waals surface area contributed by atoms with Crippen molar-refractivity contribution in [2.45, 2.75) is 6.92 Å². The standard InChI is InChI=1S/C23H28N8O/c1-17-15-21(29-9-7-28(2)8-10-29)27-23(26-17)31-13-11-30(12-14-31)22(32)18-3-4-19-20(16-18)25-6-5-24-19/h3-6,15-16H,7-14H2,1-2H3. The van der Waals surface area contributed by atoms with Gasteiger partial charge < -0.3 is 19.6 Å². The van der Waals surface area contributed by atoms with Crippen LogP contribution in [-0.2, 0) is 0 Å². The van der Waals surface area contributed by atoms with E-state index in [-0.39, 0.29) is 5.91 Å². The van der Waals surface area contributed by atoms with Crippen LogP contribution in [-0.4, -0.2) is 95.0 Å². The van der Waals surface area contributed by atoms with Crippen LogP contribution in [0.5, 0.6) is 0 Å². The van der Waals surface area contributed by atoms with Crippen LogP contribution in [0.2, 0.25) is 0 Å². The summed E-state index contributed by atoms with van der Waals surface area (Å²) in [7, 11) is 2.15. The third-order valence-corrected chi connectivity index (χ3v) is 6.22. The molecule has 0 aliphatic carbocycles. The second kappa shape index (κ2) is 8.66. The Labute approximate surface area is 187 Å². The predicted molar refractivity (Wildman–Crippen MR) is 124 cm³/mol. The van der Waals surface area contributed by atoms with Gasteiger partial charge in [-0.1, -0.05) is 0 Å². The number of piperazine rings is 2. The number of carbonyl (C=O) groups excluding carboxylic acids is 1. The molecule has 5 rings (SSSR count). The summed E-state index contributed by atoms with van der Waals surface area (Å²) in [5.41, 5.74) is 3.15. The SMILES string of the molecule is Cc1cc(N2CCN(C)CC2)nc(N2CCN(C(=O)c3ccc4nccnc4c3)CC2)n1. The monoisotopic (exact) mass is 432 g/mol. The number of nitrogens with zero attached hydrogens (tertiary/aromatic N) is 8. The molecular weight excluding hydrogens is 404 g/mol. The number of benzene rings is 1. The number of hydrogen-bond donors (Lipinski definition) is 0. The van der Waals surface area contributed by atoms with E-state index in [1.807, 2.05) is 30.0 Å². The van der Waals surface area contributed by atoms with Gasteiger partial charge in [0.25, 0.3) is 5.91 Å². The Hall–Kier alpha value is -3.33. The third kappa shape index (κ3) is 4.20. The molecule has 32 heavy (non-hydrogen) atoms. The number of hydrogen-bond acceptors (Lipinski definition) is 8. The van der Waals surface area contributed by atoms with E-state index < -0.39 is 0 Å². The second-order valence-corrected chi connectivity index (χ2v) is 8.50. The predicted octanol–water partition coefficient (Wildman–Crippen LogP) is 1.44. The van der Waals surface area contributed by atoms with Gasteiger partial charge in [0.2, 0.25) is 5.95 Å². The largest absolute Gasteiger partial charge is 0.354 e. The molecule has 4 heterocycles. The fourth-order valence-electron chi connectivity index (χ4n) is 4.26.